The van der Waals surface area contributed by atoms with Crippen LogP contribution < -0.4 is 9.47 Å². The van der Waals surface area contributed by atoms with Crippen molar-refractivity contribution >= 4 is 51.9 Å². The van der Waals surface area contributed by atoms with Gasteiger partial charge in [-0.3, -0.25) is 9.69 Å². The van der Waals surface area contributed by atoms with Crippen LogP contribution in [0.25, 0.3) is 6.08 Å². The summed E-state index contributed by atoms with van der Waals surface area (Å²) in [6.07, 6.45) is 1.72. The van der Waals surface area contributed by atoms with E-state index >= 15 is 0 Å². The van der Waals surface area contributed by atoms with Crippen LogP contribution in [0.1, 0.15) is 5.56 Å². The van der Waals surface area contributed by atoms with Crippen molar-refractivity contribution in [3.63, 3.8) is 0 Å². The molecule has 22 heavy (non-hydrogen) atoms. The van der Waals surface area contributed by atoms with E-state index in [1.807, 2.05) is 0 Å². The lowest BCUT2D eigenvalue weighted by Gasteiger charge is -2.12. The Kier molecular flexibility index (Phi) is 4.58. The summed E-state index contributed by atoms with van der Waals surface area (Å²) in [5.41, 5.74) is 0.693. The Morgan fingerprint density at radius 3 is 2.91 bits per heavy atom. The number of ether oxygens (including phenoxy) is 3. The highest BCUT2D eigenvalue weighted by atomic mass is 35.5. The van der Waals surface area contributed by atoms with Crippen LogP contribution in [0.5, 0.6) is 11.5 Å². The lowest BCUT2D eigenvalue weighted by atomic mass is 10.2. The molecule has 1 saturated heterocycles. The van der Waals surface area contributed by atoms with Gasteiger partial charge >= 0.3 is 0 Å². The van der Waals surface area contributed by atoms with E-state index < -0.39 is 0 Å². The van der Waals surface area contributed by atoms with Crippen molar-refractivity contribution in [2.75, 3.05) is 27.1 Å². The number of carbonyl (C=O) groups is 1. The summed E-state index contributed by atoms with van der Waals surface area (Å²) >= 11 is 12.7. The SMILES string of the molecule is COCCN1C(=O)/C(=C/c2cc3c(cc2Cl)OCO3)SC1=S. The number of benzene rings is 1. The second-order valence-corrected chi connectivity index (χ2v) is 6.64. The van der Waals surface area contributed by atoms with Gasteiger partial charge in [0.2, 0.25) is 6.79 Å². The Bertz CT molecular complexity index is 677. The maximum Gasteiger partial charge on any atom is 0.266 e. The van der Waals surface area contributed by atoms with Crippen molar-refractivity contribution in [2.45, 2.75) is 0 Å². The number of carbonyl (C=O) groups excluding carboxylic acids is 1. The fourth-order valence-electron chi connectivity index (χ4n) is 2.06. The molecule has 2 aliphatic heterocycles. The molecule has 0 radical (unpaired) electrons. The summed E-state index contributed by atoms with van der Waals surface area (Å²) in [6.45, 7) is 1.05. The molecule has 0 aromatic heterocycles. The van der Waals surface area contributed by atoms with Gasteiger partial charge in [-0.05, 0) is 17.7 Å². The molecular weight excluding hydrogens is 346 g/mol. The van der Waals surface area contributed by atoms with Crippen LogP contribution in [-0.2, 0) is 9.53 Å². The summed E-state index contributed by atoms with van der Waals surface area (Å²) in [4.78, 5) is 14.4. The molecule has 3 rings (SSSR count). The molecule has 116 valence electrons. The van der Waals surface area contributed by atoms with Crippen molar-refractivity contribution in [3.05, 3.63) is 27.6 Å². The Morgan fingerprint density at radius 2 is 2.18 bits per heavy atom. The molecule has 0 saturated carbocycles. The van der Waals surface area contributed by atoms with Gasteiger partial charge in [0, 0.05) is 13.2 Å². The highest BCUT2D eigenvalue weighted by Gasteiger charge is 2.32. The number of fused-ring (bicyclic) bond motifs is 1. The summed E-state index contributed by atoms with van der Waals surface area (Å²) in [7, 11) is 1.58. The van der Waals surface area contributed by atoms with Crippen LogP contribution >= 0.6 is 35.6 Å². The molecule has 0 spiro atoms. The third-order valence-corrected chi connectivity index (χ3v) is 4.88. The molecule has 1 aromatic rings. The molecule has 8 heteroatoms. The van der Waals surface area contributed by atoms with E-state index in [2.05, 4.69) is 0 Å². The minimum atomic E-state index is -0.138. The topological polar surface area (TPSA) is 48.0 Å². The number of hydrogen-bond acceptors (Lipinski definition) is 6. The summed E-state index contributed by atoms with van der Waals surface area (Å²) in [5, 5.41) is 0.492. The number of halogens is 1. The first-order chi connectivity index (χ1) is 10.6. The zero-order valence-corrected chi connectivity index (χ0v) is 14.0. The highest BCUT2D eigenvalue weighted by Crippen LogP contribution is 2.39. The van der Waals surface area contributed by atoms with E-state index in [0.717, 1.165) is 0 Å². The lowest BCUT2D eigenvalue weighted by molar-refractivity contribution is -0.122. The van der Waals surface area contributed by atoms with E-state index in [-0.39, 0.29) is 12.7 Å². The normalized spacial score (nSPS) is 18.6. The van der Waals surface area contributed by atoms with Gasteiger partial charge in [0.25, 0.3) is 5.91 Å². The number of rotatable bonds is 4. The molecule has 2 heterocycles. The van der Waals surface area contributed by atoms with E-state index in [0.29, 0.717) is 44.5 Å². The minimum absolute atomic E-state index is 0.138. The number of amides is 1. The van der Waals surface area contributed by atoms with Crippen LogP contribution in [0.2, 0.25) is 5.02 Å². The molecule has 1 fully saturated rings. The second kappa shape index (κ2) is 6.45. The Labute approximate surface area is 142 Å². The van der Waals surface area contributed by atoms with E-state index in [1.165, 1.54) is 16.7 Å². The van der Waals surface area contributed by atoms with Crippen molar-refractivity contribution < 1.29 is 19.0 Å². The minimum Gasteiger partial charge on any atom is -0.454 e. The highest BCUT2D eigenvalue weighted by molar-refractivity contribution is 8.26. The van der Waals surface area contributed by atoms with Crippen molar-refractivity contribution in [1.82, 2.24) is 4.90 Å². The van der Waals surface area contributed by atoms with Crippen LogP contribution in [0.15, 0.2) is 17.0 Å². The monoisotopic (exact) mass is 357 g/mol. The van der Waals surface area contributed by atoms with Crippen LogP contribution in [0.4, 0.5) is 0 Å². The number of nitrogens with zero attached hydrogens (tertiary/aromatic N) is 1. The van der Waals surface area contributed by atoms with E-state index in [9.17, 15) is 4.79 Å². The molecule has 0 bridgehead atoms. The number of methoxy groups -OCH3 is 1. The molecule has 0 atom stereocenters. The molecule has 2 aliphatic rings. The van der Waals surface area contributed by atoms with E-state index in [4.69, 9.17) is 38.0 Å². The first-order valence-corrected chi connectivity index (χ1v) is 8.04. The van der Waals surface area contributed by atoms with Crippen molar-refractivity contribution in [2.24, 2.45) is 0 Å². The molecular formula is C14H12ClNO4S2. The van der Waals surface area contributed by atoms with Crippen molar-refractivity contribution in [1.29, 1.82) is 0 Å². The third-order valence-electron chi connectivity index (χ3n) is 3.17. The molecule has 0 unspecified atom stereocenters. The predicted octanol–water partition coefficient (Wildman–Crippen LogP) is 2.92. The van der Waals surface area contributed by atoms with Gasteiger partial charge in [-0.15, -0.1) is 0 Å². The maximum atomic E-state index is 12.4. The predicted molar refractivity (Wildman–Crippen MR) is 89.3 cm³/mol. The van der Waals surface area contributed by atoms with Gasteiger partial charge in [0.1, 0.15) is 4.32 Å². The van der Waals surface area contributed by atoms with Gasteiger partial charge in [0.05, 0.1) is 23.1 Å². The van der Waals surface area contributed by atoms with Crippen LogP contribution in [0.3, 0.4) is 0 Å². The smallest absolute Gasteiger partial charge is 0.266 e. The first-order valence-electron chi connectivity index (χ1n) is 6.43. The quantitative estimate of drug-likeness (QED) is 0.610. The largest absolute Gasteiger partial charge is 0.454 e. The van der Waals surface area contributed by atoms with Crippen LogP contribution in [-0.4, -0.2) is 42.2 Å². The van der Waals surface area contributed by atoms with E-state index in [1.54, 1.807) is 25.3 Å². The van der Waals surface area contributed by atoms with Crippen LogP contribution in [0, 0.1) is 0 Å². The van der Waals surface area contributed by atoms with Gasteiger partial charge in [-0.25, -0.2) is 0 Å². The zero-order valence-electron chi connectivity index (χ0n) is 11.6. The van der Waals surface area contributed by atoms with Gasteiger partial charge < -0.3 is 14.2 Å². The summed E-state index contributed by atoms with van der Waals surface area (Å²) in [6, 6.07) is 3.44. The van der Waals surface area contributed by atoms with Gasteiger partial charge in [0.15, 0.2) is 11.5 Å². The number of hydrogen-bond donors (Lipinski definition) is 0. The lowest BCUT2D eigenvalue weighted by Crippen LogP contribution is -2.31. The molecule has 1 aromatic carbocycles. The fraction of sp³-hybridized carbons (Fsp3) is 0.286. The second-order valence-electron chi connectivity index (χ2n) is 4.55. The molecule has 1 amide bonds. The third kappa shape index (κ3) is 2.94. The van der Waals surface area contributed by atoms with Gasteiger partial charge in [-0.1, -0.05) is 35.6 Å². The van der Waals surface area contributed by atoms with Crippen molar-refractivity contribution in [3.8, 4) is 11.5 Å². The Hall–Kier alpha value is -1.28. The Balaban J connectivity index is 1.87. The average molecular weight is 358 g/mol. The molecule has 0 aliphatic carbocycles. The first kappa shape index (κ1) is 15.6. The zero-order chi connectivity index (χ0) is 15.7. The fourth-order valence-corrected chi connectivity index (χ4v) is 3.57. The average Bonchev–Trinajstić information content (AvgIpc) is 3.03. The maximum absolute atomic E-state index is 12.4. The molecule has 5 nitrogen and oxygen atoms in total. The standard InChI is InChI=1S/C14H12ClNO4S2/c1-18-3-2-16-13(17)12(22-14(16)21)5-8-4-10-11(6-9(8)15)20-7-19-10/h4-6H,2-3,7H2,1H3/b12-5-. The number of thiocarbonyl (C=S) groups is 1. The summed E-state index contributed by atoms with van der Waals surface area (Å²) < 4.78 is 16.1. The van der Waals surface area contributed by atoms with Gasteiger partial charge in [-0.2, -0.15) is 0 Å². The Morgan fingerprint density at radius 1 is 1.45 bits per heavy atom. The molecule has 0 N–H and O–H groups in total. The number of thioether (sulfide) groups is 1. The summed E-state index contributed by atoms with van der Waals surface area (Å²) in [5.74, 6) is 1.08.